The van der Waals surface area contributed by atoms with Gasteiger partial charge in [0.25, 0.3) is 0 Å². The molecule has 0 fully saturated rings. The Hall–Kier alpha value is -1.85. The number of aromatic nitrogens is 4. The van der Waals surface area contributed by atoms with Crippen LogP contribution in [0.3, 0.4) is 0 Å². The Kier molecular flexibility index (Phi) is 3.96. The van der Waals surface area contributed by atoms with Crippen LogP contribution in [0.25, 0.3) is 11.2 Å². The third kappa shape index (κ3) is 2.52. The number of hydrogen-bond acceptors (Lipinski definition) is 5. The molecule has 0 bridgehead atoms. The Bertz CT molecular complexity index is 506. The van der Waals surface area contributed by atoms with Crippen LogP contribution in [0.5, 0.6) is 0 Å². The Morgan fingerprint density at radius 2 is 2.17 bits per heavy atom. The second-order valence-corrected chi connectivity index (χ2v) is 4.28. The predicted octanol–water partition coefficient (Wildman–Crippen LogP) is 2.02. The highest BCUT2D eigenvalue weighted by Gasteiger charge is 2.12. The summed E-state index contributed by atoms with van der Waals surface area (Å²) in [5, 5.41) is 3.14. The first-order valence-electron chi connectivity index (χ1n) is 6.42. The van der Waals surface area contributed by atoms with Gasteiger partial charge in [-0.3, -0.25) is 0 Å². The zero-order chi connectivity index (χ0) is 13.0. The number of rotatable bonds is 6. The van der Waals surface area contributed by atoms with E-state index in [9.17, 15) is 0 Å². The normalized spacial score (nSPS) is 10.8. The van der Waals surface area contributed by atoms with Crippen molar-refractivity contribution in [2.24, 2.45) is 0 Å². The van der Waals surface area contributed by atoms with Crippen molar-refractivity contribution in [1.29, 1.82) is 0 Å². The van der Waals surface area contributed by atoms with Gasteiger partial charge in [-0.15, -0.1) is 0 Å². The van der Waals surface area contributed by atoms with Gasteiger partial charge in [-0.05, 0) is 13.3 Å². The van der Waals surface area contributed by atoms with E-state index in [2.05, 4.69) is 37.1 Å². The fraction of sp³-hybridized carbons (Fsp3) is 0.583. The van der Waals surface area contributed by atoms with Crippen molar-refractivity contribution in [2.45, 2.75) is 26.7 Å². The number of unbranched alkanes of at least 4 members (excludes halogenated alkanes) is 1. The van der Waals surface area contributed by atoms with Crippen LogP contribution in [0, 0.1) is 0 Å². The number of imidazole rings is 1. The van der Waals surface area contributed by atoms with E-state index in [0.717, 1.165) is 30.8 Å². The number of nitrogens with one attached hydrogen (secondary N) is 2. The van der Waals surface area contributed by atoms with Crippen LogP contribution < -0.4 is 10.2 Å². The number of nitrogens with zero attached hydrogens (tertiary/aromatic N) is 4. The molecule has 6 heteroatoms. The van der Waals surface area contributed by atoms with Gasteiger partial charge in [0, 0.05) is 20.1 Å². The molecule has 18 heavy (non-hydrogen) atoms. The summed E-state index contributed by atoms with van der Waals surface area (Å²) >= 11 is 0. The molecule has 0 atom stereocenters. The van der Waals surface area contributed by atoms with Gasteiger partial charge in [-0.1, -0.05) is 13.3 Å². The lowest BCUT2D eigenvalue weighted by atomic mass is 10.3. The van der Waals surface area contributed by atoms with Crippen LogP contribution in [0.1, 0.15) is 26.7 Å². The number of hydrogen-bond donors (Lipinski definition) is 2. The van der Waals surface area contributed by atoms with Crippen LogP contribution in [0.2, 0.25) is 0 Å². The molecule has 0 amide bonds. The molecule has 0 radical (unpaired) electrons. The first-order valence-corrected chi connectivity index (χ1v) is 6.42. The molecule has 0 aliphatic carbocycles. The van der Waals surface area contributed by atoms with Crippen molar-refractivity contribution >= 4 is 22.9 Å². The molecule has 0 aliphatic rings. The lowest BCUT2D eigenvalue weighted by Gasteiger charge is -2.18. The third-order valence-corrected chi connectivity index (χ3v) is 2.81. The van der Waals surface area contributed by atoms with Gasteiger partial charge in [0.05, 0.1) is 6.33 Å². The zero-order valence-electron chi connectivity index (χ0n) is 11.2. The van der Waals surface area contributed by atoms with Crippen LogP contribution in [-0.4, -0.2) is 40.1 Å². The Balaban J connectivity index is 2.36. The summed E-state index contributed by atoms with van der Waals surface area (Å²) in [6.45, 7) is 5.99. The molecule has 2 aromatic heterocycles. The summed E-state index contributed by atoms with van der Waals surface area (Å²) in [6, 6.07) is 0. The van der Waals surface area contributed by atoms with E-state index < -0.39 is 0 Å². The van der Waals surface area contributed by atoms with E-state index in [1.54, 1.807) is 6.33 Å². The first-order chi connectivity index (χ1) is 8.76. The molecule has 0 aliphatic heterocycles. The maximum Gasteiger partial charge on any atom is 0.226 e. The van der Waals surface area contributed by atoms with E-state index in [-0.39, 0.29) is 0 Å². The summed E-state index contributed by atoms with van der Waals surface area (Å²) in [7, 11) is 2.05. The number of fused-ring (bicyclic) bond motifs is 1. The van der Waals surface area contributed by atoms with Gasteiger partial charge >= 0.3 is 0 Å². The van der Waals surface area contributed by atoms with Crippen molar-refractivity contribution < 1.29 is 0 Å². The van der Waals surface area contributed by atoms with Crippen molar-refractivity contribution in [1.82, 2.24) is 19.9 Å². The minimum Gasteiger partial charge on any atom is -0.358 e. The quantitative estimate of drug-likeness (QED) is 0.818. The number of H-pyrrole nitrogens is 1. The maximum atomic E-state index is 4.55. The van der Waals surface area contributed by atoms with Crippen LogP contribution >= 0.6 is 0 Å². The second-order valence-electron chi connectivity index (χ2n) is 4.28. The fourth-order valence-corrected chi connectivity index (χ4v) is 1.83. The van der Waals surface area contributed by atoms with Gasteiger partial charge in [0.1, 0.15) is 5.52 Å². The molecule has 0 saturated heterocycles. The van der Waals surface area contributed by atoms with E-state index in [0.29, 0.717) is 11.6 Å². The van der Waals surface area contributed by atoms with E-state index in [1.165, 1.54) is 6.42 Å². The van der Waals surface area contributed by atoms with Crippen molar-refractivity contribution in [3.05, 3.63) is 6.33 Å². The number of aromatic amines is 1. The third-order valence-electron chi connectivity index (χ3n) is 2.81. The average molecular weight is 248 g/mol. The summed E-state index contributed by atoms with van der Waals surface area (Å²) in [6.07, 6.45) is 3.97. The average Bonchev–Trinajstić information content (AvgIpc) is 2.83. The van der Waals surface area contributed by atoms with Gasteiger partial charge < -0.3 is 15.2 Å². The molecular formula is C12H20N6. The Morgan fingerprint density at radius 3 is 2.89 bits per heavy atom. The van der Waals surface area contributed by atoms with Gasteiger partial charge in [-0.25, -0.2) is 4.98 Å². The summed E-state index contributed by atoms with van der Waals surface area (Å²) in [4.78, 5) is 18.4. The minimum absolute atomic E-state index is 0.635. The van der Waals surface area contributed by atoms with E-state index >= 15 is 0 Å². The summed E-state index contributed by atoms with van der Waals surface area (Å²) in [5.41, 5.74) is 1.61. The zero-order valence-corrected chi connectivity index (χ0v) is 11.2. The fourth-order valence-electron chi connectivity index (χ4n) is 1.83. The minimum atomic E-state index is 0.635. The topological polar surface area (TPSA) is 69.7 Å². The molecule has 2 N–H and O–H groups in total. The summed E-state index contributed by atoms with van der Waals surface area (Å²) < 4.78 is 0. The number of anilines is 2. The highest BCUT2D eigenvalue weighted by molar-refractivity contribution is 5.84. The smallest absolute Gasteiger partial charge is 0.226 e. The van der Waals surface area contributed by atoms with Crippen LogP contribution in [-0.2, 0) is 0 Å². The molecule has 0 saturated carbocycles. The molecule has 2 heterocycles. The summed E-state index contributed by atoms with van der Waals surface area (Å²) in [5.74, 6) is 1.54. The van der Waals surface area contributed by atoms with Gasteiger partial charge in [0.15, 0.2) is 11.5 Å². The van der Waals surface area contributed by atoms with Gasteiger partial charge in [0.2, 0.25) is 5.95 Å². The second kappa shape index (κ2) is 5.66. The highest BCUT2D eigenvalue weighted by atomic mass is 15.2. The Morgan fingerprint density at radius 1 is 1.33 bits per heavy atom. The molecule has 6 nitrogen and oxygen atoms in total. The van der Waals surface area contributed by atoms with E-state index in [1.807, 2.05) is 14.0 Å². The van der Waals surface area contributed by atoms with Crippen molar-refractivity contribution in [3.8, 4) is 0 Å². The van der Waals surface area contributed by atoms with Crippen molar-refractivity contribution in [2.75, 3.05) is 30.4 Å². The standard InChI is InChI=1S/C12H20N6/c1-4-6-7-18(3)11-9-10(15-8-14-9)16-12(17-11)13-5-2/h8H,4-7H2,1-3H3,(H2,13,14,15,16,17). The maximum absolute atomic E-state index is 4.55. The van der Waals surface area contributed by atoms with Gasteiger partial charge in [-0.2, -0.15) is 9.97 Å². The van der Waals surface area contributed by atoms with E-state index in [4.69, 9.17) is 0 Å². The van der Waals surface area contributed by atoms with Crippen molar-refractivity contribution in [3.63, 3.8) is 0 Å². The van der Waals surface area contributed by atoms with Crippen LogP contribution in [0.4, 0.5) is 11.8 Å². The molecular weight excluding hydrogens is 228 g/mol. The largest absolute Gasteiger partial charge is 0.358 e. The first kappa shape index (κ1) is 12.6. The molecule has 0 unspecified atom stereocenters. The molecule has 2 aromatic rings. The lowest BCUT2D eigenvalue weighted by molar-refractivity contribution is 0.760. The molecule has 0 aromatic carbocycles. The highest BCUT2D eigenvalue weighted by Crippen LogP contribution is 2.21. The predicted molar refractivity (Wildman–Crippen MR) is 74.0 cm³/mol. The lowest BCUT2D eigenvalue weighted by Crippen LogP contribution is -2.21. The SMILES string of the molecule is CCCCN(C)c1nc(NCC)nc2nc[nH]c12. The van der Waals surface area contributed by atoms with Crippen LogP contribution in [0.15, 0.2) is 6.33 Å². The Labute approximate surface area is 107 Å². The molecule has 2 rings (SSSR count). The monoisotopic (exact) mass is 248 g/mol. The molecule has 98 valence electrons. The molecule has 0 spiro atoms.